The zero-order valence-corrected chi connectivity index (χ0v) is 8.70. The van der Waals surface area contributed by atoms with Gasteiger partial charge in [-0.1, -0.05) is 27.2 Å². The normalized spacial score (nSPS) is 15.3. The summed E-state index contributed by atoms with van der Waals surface area (Å²) in [5.74, 6) is 1.37. The Balaban J connectivity index is 2.53. The van der Waals surface area contributed by atoms with Crippen LogP contribution in [0.25, 0.3) is 0 Å². The molecule has 2 heteroatoms. The van der Waals surface area contributed by atoms with Gasteiger partial charge in [-0.05, 0) is 23.8 Å². The van der Waals surface area contributed by atoms with Gasteiger partial charge in [0.05, 0.1) is 0 Å². The molecule has 1 rings (SSSR count). The lowest BCUT2D eigenvalue weighted by atomic mass is 9.91. The molecule has 0 fully saturated rings. The largest absolute Gasteiger partial charge is 0.245 e. The molecule has 2 nitrogen and oxygen atoms in total. The van der Waals surface area contributed by atoms with E-state index in [-0.39, 0.29) is 0 Å². The van der Waals surface area contributed by atoms with Crippen molar-refractivity contribution in [1.29, 1.82) is 0 Å². The molecule has 0 amide bonds. The molecule has 0 N–H and O–H groups in total. The Morgan fingerprint density at radius 3 is 2.38 bits per heavy atom. The van der Waals surface area contributed by atoms with Gasteiger partial charge in [0.15, 0.2) is 0 Å². The molecule has 0 saturated carbocycles. The Morgan fingerprint density at radius 1 is 1.23 bits per heavy atom. The quantitative estimate of drug-likeness (QED) is 0.708. The maximum atomic E-state index is 4.03. The molecule has 2 unspecified atom stereocenters. The van der Waals surface area contributed by atoms with E-state index in [1.165, 1.54) is 18.4 Å². The van der Waals surface area contributed by atoms with Crippen LogP contribution >= 0.6 is 0 Å². The van der Waals surface area contributed by atoms with Crippen LogP contribution in [0.1, 0.15) is 45.1 Å². The minimum Gasteiger partial charge on any atom is -0.245 e. The van der Waals surface area contributed by atoms with Gasteiger partial charge in [0, 0.05) is 12.4 Å². The molecule has 13 heavy (non-hydrogen) atoms. The van der Waals surface area contributed by atoms with Crippen LogP contribution in [0.15, 0.2) is 18.7 Å². The third kappa shape index (κ3) is 3.13. The zero-order chi connectivity index (χ0) is 9.68. The molecule has 0 aliphatic carbocycles. The van der Waals surface area contributed by atoms with E-state index in [9.17, 15) is 0 Å². The van der Waals surface area contributed by atoms with Crippen LogP contribution in [-0.4, -0.2) is 9.97 Å². The first-order valence-electron chi connectivity index (χ1n) is 4.99. The van der Waals surface area contributed by atoms with Crippen molar-refractivity contribution >= 4 is 0 Å². The first-order valence-corrected chi connectivity index (χ1v) is 4.99. The monoisotopic (exact) mass is 178 g/mol. The van der Waals surface area contributed by atoms with E-state index in [1.54, 1.807) is 6.33 Å². The van der Waals surface area contributed by atoms with Gasteiger partial charge >= 0.3 is 0 Å². The highest BCUT2D eigenvalue weighted by molar-refractivity contribution is 5.08. The number of nitrogens with zero attached hydrogens (tertiary/aromatic N) is 2. The fraction of sp³-hybridized carbons (Fsp3) is 0.636. The number of rotatable bonds is 4. The van der Waals surface area contributed by atoms with Gasteiger partial charge in [0.2, 0.25) is 0 Å². The third-order valence-electron chi connectivity index (χ3n) is 2.60. The Morgan fingerprint density at radius 2 is 1.85 bits per heavy atom. The van der Waals surface area contributed by atoms with Crippen molar-refractivity contribution in [2.24, 2.45) is 5.92 Å². The Labute approximate surface area is 80.4 Å². The highest BCUT2D eigenvalue weighted by atomic mass is 14.8. The predicted molar refractivity (Wildman–Crippen MR) is 54.5 cm³/mol. The summed E-state index contributed by atoms with van der Waals surface area (Å²) in [7, 11) is 0. The van der Waals surface area contributed by atoms with E-state index in [2.05, 4.69) is 30.7 Å². The topological polar surface area (TPSA) is 25.8 Å². The highest BCUT2D eigenvalue weighted by Gasteiger charge is 2.09. The smallest absolute Gasteiger partial charge is 0.115 e. The average molecular weight is 178 g/mol. The van der Waals surface area contributed by atoms with E-state index in [1.807, 2.05) is 12.4 Å². The van der Waals surface area contributed by atoms with Gasteiger partial charge in [-0.3, -0.25) is 0 Å². The predicted octanol–water partition coefficient (Wildman–Crippen LogP) is 3.02. The standard InChI is InChI=1S/C11H18N2/c1-4-9(2)5-10(3)11-6-12-8-13-7-11/h6-10H,4-5H2,1-3H3. The Kier molecular flexibility index (Phi) is 3.87. The van der Waals surface area contributed by atoms with Gasteiger partial charge in [-0.15, -0.1) is 0 Å². The fourth-order valence-corrected chi connectivity index (χ4v) is 1.47. The van der Waals surface area contributed by atoms with Crippen molar-refractivity contribution in [2.75, 3.05) is 0 Å². The number of aromatic nitrogens is 2. The van der Waals surface area contributed by atoms with Crippen LogP contribution in [0, 0.1) is 5.92 Å². The van der Waals surface area contributed by atoms with Gasteiger partial charge < -0.3 is 0 Å². The molecule has 1 heterocycles. The molecule has 0 spiro atoms. The van der Waals surface area contributed by atoms with Gasteiger partial charge in [-0.2, -0.15) is 0 Å². The van der Waals surface area contributed by atoms with E-state index in [4.69, 9.17) is 0 Å². The van der Waals surface area contributed by atoms with Crippen molar-refractivity contribution < 1.29 is 0 Å². The van der Waals surface area contributed by atoms with Crippen LogP contribution in [-0.2, 0) is 0 Å². The Hall–Kier alpha value is -0.920. The molecule has 0 aromatic carbocycles. The number of hydrogen-bond acceptors (Lipinski definition) is 2. The molecule has 0 aliphatic rings. The van der Waals surface area contributed by atoms with Gasteiger partial charge in [-0.25, -0.2) is 9.97 Å². The lowest BCUT2D eigenvalue weighted by Crippen LogP contribution is -2.01. The maximum Gasteiger partial charge on any atom is 0.115 e. The van der Waals surface area contributed by atoms with E-state index in [0.29, 0.717) is 5.92 Å². The van der Waals surface area contributed by atoms with Crippen molar-refractivity contribution in [2.45, 2.75) is 39.5 Å². The minimum absolute atomic E-state index is 0.580. The SMILES string of the molecule is CCC(C)CC(C)c1cncnc1. The second kappa shape index (κ2) is 4.95. The summed E-state index contributed by atoms with van der Waals surface area (Å²) in [6.45, 7) is 6.77. The Bertz CT molecular complexity index is 233. The second-order valence-corrected chi connectivity index (χ2v) is 3.82. The highest BCUT2D eigenvalue weighted by Crippen LogP contribution is 2.23. The van der Waals surface area contributed by atoms with Crippen LogP contribution in [0.5, 0.6) is 0 Å². The molecular weight excluding hydrogens is 160 g/mol. The van der Waals surface area contributed by atoms with E-state index in [0.717, 1.165) is 5.92 Å². The summed E-state index contributed by atoms with van der Waals surface area (Å²) in [5, 5.41) is 0. The fourth-order valence-electron chi connectivity index (χ4n) is 1.47. The van der Waals surface area contributed by atoms with Crippen LogP contribution in [0.2, 0.25) is 0 Å². The third-order valence-corrected chi connectivity index (χ3v) is 2.60. The van der Waals surface area contributed by atoms with Crippen LogP contribution < -0.4 is 0 Å². The summed E-state index contributed by atoms with van der Waals surface area (Å²) >= 11 is 0. The molecule has 2 atom stereocenters. The van der Waals surface area contributed by atoms with Crippen molar-refractivity contribution in [3.63, 3.8) is 0 Å². The summed E-state index contributed by atoms with van der Waals surface area (Å²) in [6, 6.07) is 0. The first-order chi connectivity index (χ1) is 6.24. The second-order valence-electron chi connectivity index (χ2n) is 3.82. The molecular formula is C11H18N2. The lowest BCUT2D eigenvalue weighted by molar-refractivity contribution is 0.470. The zero-order valence-electron chi connectivity index (χ0n) is 8.70. The summed E-state index contributed by atoms with van der Waals surface area (Å²) < 4.78 is 0. The molecule has 0 bridgehead atoms. The van der Waals surface area contributed by atoms with Gasteiger partial charge in [0.25, 0.3) is 0 Å². The average Bonchev–Trinajstić information content (AvgIpc) is 2.19. The maximum absolute atomic E-state index is 4.03. The van der Waals surface area contributed by atoms with Crippen molar-refractivity contribution in [3.8, 4) is 0 Å². The van der Waals surface area contributed by atoms with Gasteiger partial charge in [0.1, 0.15) is 6.33 Å². The summed E-state index contributed by atoms with van der Waals surface area (Å²) in [4.78, 5) is 8.06. The van der Waals surface area contributed by atoms with Crippen molar-refractivity contribution in [1.82, 2.24) is 9.97 Å². The van der Waals surface area contributed by atoms with Crippen LogP contribution in [0.4, 0.5) is 0 Å². The molecule has 1 aromatic rings. The molecule has 1 aromatic heterocycles. The molecule has 72 valence electrons. The summed E-state index contributed by atoms with van der Waals surface area (Å²) in [6.07, 6.45) is 7.89. The first kappa shape index (κ1) is 10.2. The van der Waals surface area contributed by atoms with E-state index >= 15 is 0 Å². The number of hydrogen-bond donors (Lipinski definition) is 0. The van der Waals surface area contributed by atoms with Crippen molar-refractivity contribution in [3.05, 3.63) is 24.3 Å². The van der Waals surface area contributed by atoms with E-state index < -0.39 is 0 Å². The minimum atomic E-state index is 0.580. The molecule has 0 aliphatic heterocycles. The lowest BCUT2D eigenvalue weighted by Gasteiger charge is -2.15. The summed E-state index contributed by atoms with van der Waals surface area (Å²) in [5.41, 5.74) is 1.25. The van der Waals surface area contributed by atoms with Crippen LogP contribution in [0.3, 0.4) is 0 Å². The molecule has 0 saturated heterocycles. The molecule has 0 radical (unpaired) electrons.